The first-order chi connectivity index (χ1) is 4.77. The van der Waals surface area contributed by atoms with E-state index in [9.17, 15) is 0 Å². The lowest BCUT2D eigenvalue weighted by Gasteiger charge is -1.91. The summed E-state index contributed by atoms with van der Waals surface area (Å²) in [5.74, 6) is 1.51. The van der Waals surface area contributed by atoms with Gasteiger partial charge in [0.1, 0.15) is 5.76 Å². The fourth-order valence-corrected chi connectivity index (χ4v) is 1.50. The van der Waals surface area contributed by atoms with E-state index in [2.05, 4.69) is 6.92 Å². The van der Waals surface area contributed by atoms with Crippen molar-refractivity contribution >= 4 is 17.6 Å². The van der Waals surface area contributed by atoms with Crippen LogP contribution in [0.3, 0.4) is 0 Å². The minimum atomic E-state index is 0.515. The topological polar surface area (TPSA) is 39.2 Å². The van der Waals surface area contributed by atoms with Crippen molar-refractivity contribution in [2.75, 3.05) is 12.0 Å². The van der Waals surface area contributed by atoms with Gasteiger partial charge >= 0.3 is 0 Å². The van der Waals surface area contributed by atoms with Gasteiger partial charge in [-0.2, -0.15) is 0 Å². The van der Waals surface area contributed by atoms with Crippen molar-refractivity contribution in [1.29, 1.82) is 0 Å². The van der Waals surface area contributed by atoms with Crippen LogP contribution in [-0.2, 0) is 6.42 Å². The Balaban J connectivity index is 2.96. The van der Waals surface area contributed by atoms with E-state index in [0.29, 0.717) is 5.88 Å². The summed E-state index contributed by atoms with van der Waals surface area (Å²) in [6.45, 7) is 2.05. The molecule has 0 aliphatic rings. The second-order valence-corrected chi connectivity index (χ2v) is 2.84. The van der Waals surface area contributed by atoms with Crippen LogP contribution in [0.4, 0.5) is 5.88 Å². The zero-order chi connectivity index (χ0) is 7.56. The van der Waals surface area contributed by atoms with Crippen LogP contribution in [0.1, 0.15) is 12.7 Å². The molecule has 56 valence electrons. The van der Waals surface area contributed by atoms with E-state index >= 15 is 0 Å². The summed E-state index contributed by atoms with van der Waals surface area (Å²) in [7, 11) is 0. The molecule has 2 nitrogen and oxygen atoms in total. The van der Waals surface area contributed by atoms with Gasteiger partial charge in [-0.3, -0.25) is 0 Å². The molecular formula is C7H11NOS. The Morgan fingerprint density at radius 3 is 2.80 bits per heavy atom. The number of nitrogen functional groups attached to an aromatic ring is 1. The quantitative estimate of drug-likeness (QED) is 0.668. The Morgan fingerprint density at radius 2 is 2.40 bits per heavy atom. The first-order valence-corrected chi connectivity index (χ1v) is 4.42. The first-order valence-electron chi connectivity index (χ1n) is 3.20. The largest absolute Gasteiger partial charge is 0.445 e. The maximum Gasteiger partial charge on any atom is 0.191 e. The van der Waals surface area contributed by atoms with Crippen LogP contribution in [0.15, 0.2) is 15.4 Å². The number of aryl methyl sites for hydroxylation is 1. The smallest absolute Gasteiger partial charge is 0.191 e. The molecule has 0 saturated carbocycles. The van der Waals surface area contributed by atoms with E-state index in [-0.39, 0.29) is 0 Å². The minimum absolute atomic E-state index is 0.515. The Kier molecular flexibility index (Phi) is 2.27. The molecule has 0 unspecified atom stereocenters. The Morgan fingerprint density at radius 1 is 1.70 bits per heavy atom. The van der Waals surface area contributed by atoms with Crippen molar-refractivity contribution in [3.63, 3.8) is 0 Å². The lowest BCUT2D eigenvalue weighted by Crippen LogP contribution is -1.77. The number of hydrogen-bond donors (Lipinski definition) is 1. The maximum absolute atomic E-state index is 5.45. The number of rotatable bonds is 2. The van der Waals surface area contributed by atoms with Crippen LogP contribution >= 0.6 is 11.8 Å². The van der Waals surface area contributed by atoms with Gasteiger partial charge < -0.3 is 10.2 Å². The lowest BCUT2D eigenvalue weighted by atomic mass is 10.4. The van der Waals surface area contributed by atoms with Crippen LogP contribution in [0.2, 0.25) is 0 Å². The van der Waals surface area contributed by atoms with Gasteiger partial charge in [-0.15, -0.1) is 11.8 Å². The fourth-order valence-electron chi connectivity index (χ4n) is 0.851. The van der Waals surface area contributed by atoms with Gasteiger partial charge in [0.05, 0.1) is 4.90 Å². The van der Waals surface area contributed by atoms with E-state index in [1.165, 1.54) is 0 Å². The maximum atomic E-state index is 5.45. The molecule has 1 heterocycles. The first kappa shape index (κ1) is 7.54. The van der Waals surface area contributed by atoms with Crippen molar-refractivity contribution < 1.29 is 4.42 Å². The normalized spacial score (nSPS) is 10.2. The van der Waals surface area contributed by atoms with E-state index in [4.69, 9.17) is 10.2 Å². The summed E-state index contributed by atoms with van der Waals surface area (Å²) in [6.07, 6.45) is 2.93. The molecule has 0 spiro atoms. The lowest BCUT2D eigenvalue weighted by molar-refractivity contribution is 0.525. The predicted octanol–water partition coefficient (Wildman–Crippen LogP) is 2.15. The highest BCUT2D eigenvalue weighted by atomic mass is 32.2. The summed E-state index contributed by atoms with van der Waals surface area (Å²) >= 11 is 1.67. The summed E-state index contributed by atoms with van der Waals surface area (Å²) in [6, 6.07) is 1.86. The van der Waals surface area contributed by atoms with Crippen LogP contribution in [0, 0.1) is 0 Å². The molecule has 0 radical (unpaired) electrons. The van der Waals surface area contributed by atoms with Crippen LogP contribution in [-0.4, -0.2) is 6.26 Å². The molecule has 0 aromatic carbocycles. The van der Waals surface area contributed by atoms with E-state index in [1.54, 1.807) is 11.8 Å². The molecular weight excluding hydrogens is 146 g/mol. The highest BCUT2D eigenvalue weighted by Crippen LogP contribution is 2.25. The molecule has 1 aromatic heterocycles. The molecule has 0 atom stereocenters. The molecule has 0 amide bonds. The van der Waals surface area contributed by atoms with Crippen molar-refractivity contribution in [2.45, 2.75) is 18.2 Å². The Bertz CT molecular complexity index is 198. The number of furan rings is 1. The van der Waals surface area contributed by atoms with Crippen molar-refractivity contribution in [1.82, 2.24) is 0 Å². The molecule has 0 aliphatic heterocycles. The van der Waals surface area contributed by atoms with Crippen molar-refractivity contribution in [2.24, 2.45) is 0 Å². The third kappa shape index (κ3) is 1.29. The zero-order valence-corrected chi connectivity index (χ0v) is 6.99. The number of thioether (sulfide) groups is 1. The van der Waals surface area contributed by atoms with Crippen LogP contribution in [0.5, 0.6) is 0 Å². The zero-order valence-electron chi connectivity index (χ0n) is 6.18. The second kappa shape index (κ2) is 3.01. The highest BCUT2D eigenvalue weighted by Gasteiger charge is 2.04. The second-order valence-electron chi connectivity index (χ2n) is 1.99. The van der Waals surface area contributed by atoms with Gasteiger partial charge in [-0.25, -0.2) is 0 Å². The van der Waals surface area contributed by atoms with Gasteiger partial charge in [0.2, 0.25) is 0 Å². The average molecular weight is 157 g/mol. The number of anilines is 1. The van der Waals surface area contributed by atoms with Crippen LogP contribution < -0.4 is 5.73 Å². The van der Waals surface area contributed by atoms with Gasteiger partial charge in [-0.05, 0) is 6.26 Å². The molecule has 1 rings (SSSR count). The Hall–Kier alpha value is -0.570. The standard InChI is InChI=1S/C7H11NOS/c1-3-5-6(10-2)4-7(8)9-5/h4H,3,8H2,1-2H3. The number of nitrogens with two attached hydrogens (primary N) is 1. The molecule has 0 saturated heterocycles. The monoisotopic (exact) mass is 157 g/mol. The minimum Gasteiger partial charge on any atom is -0.445 e. The van der Waals surface area contributed by atoms with Crippen molar-refractivity contribution in [3.8, 4) is 0 Å². The molecule has 10 heavy (non-hydrogen) atoms. The third-order valence-corrected chi connectivity index (χ3v) is 2.12. The van der Waals surface area contributed by atoms with E-state index in [0.717, 1.165) is 17.1 Å². The molecule has 0 fully saturated rings. The van der Waals surface area contributed by atoms with Gasteiger partial charge in [0.25, 0.3) is 0 Å². The van der Waals surface area contributed by atoms with Crippen LogP contribution in [0.25, 0.3) is 0 Å². The van der Waals surface area contributed by atoms with E-state index < -0.39 is 0 Å². The summed E-state index contributed by atoms with van der Waals surface area (Å²) in [5.41, 5.74) is 5.45. The van der Waals surface area contributed by atoms with Gasteiger partial charge in [-0.1, -0.05) is 6.92 Å². The summed E-state index contributed by atoms with van der Waals surface area (Å²) < 4.78 is 5.21. The fraction of sp³-hybridized carbons (Fsp3) is 0.429. The van der Waals surface area contributed by atoms with Gasteiger partial charge in [0.15, 0.2) is 5.88 Å². The summed E-state index contributed by atoms with van der Waals surface area (Å²) in [4.78, 5) is 1.15. The Labute approximate surface area is 64.8 Å². The molecule has 3 heteroatoms. The van der Waals surface area contributed by atoms with Crippen molar-refractivity contribution in [3.05, 3.63) is 11.8 Å². The van der Waals surface area contributed by atoms with Gasteiger partial charge in [0, 0.05) is 12.5 Å². The molecule has 0 bridgehead atoms. The molecule has 1 aromatic rings. The summed E-state index contributed by atoms with van der Waals surface area (Å²) in [5, 5.41) is 0. The number of hydrogen-bond acceptors (Lipinski definition) is 3. The third-order valence-electron chi connectivity index (χ3n) is 1.33. The average Bonchev–Trinajstić information content (AvgIpc) is 2.30. The molecule has 0 aliphatic carbocycles. The predicted molar refractivity (Wildman–Crippen MR) is 44.3 cm³/mol. The highest BCUT2D eigenvalue weighted by molar-refractivity contribution is 7.98. The SMILES string of the molecule is CCc1oc(N)cc1SC. The van der Waals surface area contributed by atoms with E-state index in [1.807, 2.05) is 12.3 Å². The molecule has 2 N–H and O–H groups in total.